The summed E-state index contributed by atoms with van der Waals surface area (Å²) in [4.78, 5) is 14.5. The fourth-order valence-electron chi connectivity index (χ4n) is 2.47. The summed E-state index contributed by atoms with van der Waals surface area (Å²) in [6, 6.07) is 5.25. The molecule has 0 bridgehead atoms. The van der Waals surface area contributed by atoms with Crippen LogP contribution in [0.5, 0.6) is 0 Å². The first-order valence-corrected chi connectivity index (χ1v) is 8.29. The Kier molecular flexibility index (Phi) is 6.33. The Morgan fingerprint density at radius 1 is 1.20 bits per heavy atom. The van der Waals surface area contributed by atoms with Crippen molar-refractivity contribution in [3.63, 3.8) is 0 Å². The Bertz CT molecular complexity index is 439. The maximum atomic E-state index is 12.0. The standard InChI is InChI=1S/C15H20BrClN2O/c16-13-9-12(10-14(17)11-13)15(20)18-5-8-19-6-3-1-2-4-7-19/h9-11H,1-8H2,(H,18,20). The van der Waals surface area contributed by atoms with Crippen molar-refractivity contribution in [3.8, 4) is 0 Å². The van der Waals surface area contributed by atoms with Crippen molar-refractivity contribution >= 4 is 33.4 Å². The van der Waals surface area contributed by atoms with Crippen LogP contribution in [0.1, 0.15) is 36.0 Å². The molecular weight excluding hydrogens is 340 g/mol. The second kappa shape index (κ2) is 8.01. The zero-order valence-corrected chi connectivity index (χ0v) is 13.8. The highest BCUT2D eigenvalue weighted by molar-refractivity contribution is 9.10. The summed E-state index contributed by atoms with van der Waals surface area (Å²) in [6.45, 7) is 3.91. The predicted octanol–water partition coefficient (Wildman–Crippen LogP) is 3.71. The lowest BCUT2D eigenvalue weighted by Crippen LogP contribution is -2.35. The molecule has 20 heavy (non-hydrogen) atoms. The predicted molar refractivity (Wildman–Crippen MR) is 86.4 cm³/mol. The monoisotopic (exact) mass is 358 g/mol. The summed E-state index contributed by atoms with van der Waals surface area (Å²) in [5.74, 6) is -0.0666. The van der Waals surface area contributed by atoms with Crippen molar-refractivity contribution in [2.24, 2.45) is 0 Å². The van der Waals surface area contributed by atoms with Crippen LogP contribution >= 0.6 is 27.5 Å². The molecule has 1 heterocycles. The molecule has 1 amide bonds. The minimum Gasteiger partial charge on any atom is -0.351 e. The quantitative estimate of drug-likeness (QED) is 0.889. The number of carbonyl (C=O) groups excluding carboxylic acids is 1. The average Bonchev–Trinajstić information content (AvgIpc) is 2.66. The minimum atomic E-state index is -0.0666. The third-order valence-electron chi connectivity index (χ3n) is 3.54. The highest BCUT2D eigenvalue weighted by Gasteiger charge is 2.10. The van der Waals surface area contributed by atoms with Gasteiger partial charge in [0, 0.05) is 28.1 Å². The Balaban J connectivity index is 1.79. The molecule has 3 nitrogen and oxygen atoms in total. The number of likely N-dealkylation sites (tertiary alicyclic amines) is 1. The van der Waals surface area contributed by atoms with Crippen LogP contribution in [-0.2, 0) is 0 Å². The van der Waals surface area contributed by atoms with Gasteiger partial charge in [0.1, 0.15) is 0 Å². The average molecular weight is 360 g/mol. The van der Waals surface area contributed by atoms with Crippen LogP contribution in [0.3, 0.4) is 0 Å². The molecule has 0 aromatic heterocycles. The van der Waals surface area contributed by atoms with Gasteiger partial charge in [0.15, 0.2) is 0 Å². The van der Waals surface area contributed by atoms with E-state index >= 15 is 0 Å². The molecule has 1 aromatic rings. The number of carbonyl (C=O) groups is 1. The molecule has 0 aliphatic carbocycles. The number of amides is 1. The number of nitrogens with one attached hydrogen (secondary N) is 1. The third kappa shape index (κ3) is 5.08. The highest BCUT2D eigenvalue weighted by Crippen LogP contribution is 2.19. The summed E-state index contributed by atoms with van der Waals surface area (Å²) in [5, 5.41) is 3.53. The van der Waals surface area contributed by atoms with Gasteiger partial charge < -0.3 is 10.2 Å². The SMILES string of the molecule is O=C(NCCN1CCCCCC1)c1cc(Cl)cc(Br)c1. The van der Waals surface area contributed by atoms with Crippen molar-refractivity contribution in [1.29, 1.82) is 0 Å². The molecule has 1 N–H and O–H groups in total. The van der Waals surface area contributed by atoms with E-state index < -0.39 is 0 Å². The van der Waals surface area contributed by atoms with Crippen molar-refractivity contribution < 1.29 is 4.79 Å². The Labute approximate surface area is 133 Å². The maximum absolute atomic E-state index is 12.0. The van der Waals surface area contributed by atoms with Gasteiger partial charge in [-0.25, -0.2) is 0 Å². The van der Waals surface area contributed by atoms with Gasteiger partial charge in [-0.05, 0) is 44.1 Å². The zero-order valence-electron chi connectivity index (χ0n) is 11.5. The normalized spacial score (nSPS) is 16.7. The lowest BCUT2D eigenvalue weighted by atomic mass is 10.2. The molecular formula is C15H20BrClN2O. The number of hydrogen-bond donors (Lipinski definition) is 1. The molecule has 0 radical (unpaired) electrons. The van der Waals surface area contributed by atoms with Crippen molar-refractivity contribution in [2.75, 3.05) is 26.2 Å². The van der Waals surface area contributed by atoms with Gasteiger partial charge in [0.2, 0.25) is 0 Å². The Hall–Kier alpha value is -0.580. The van der Waals surface area contributed by atoms with E-state index in [-0.39, 0.29) is 5.91 Å². The van der Waals surface area contributed by atoms with E-state index in [1.54, 1.807) is 18.2 Å². The second-order valence-electron chi connectivity index (χ2n) is 5.17. The van der Waals surface area contributed by atoms with Crippen molar-refractivity contribution in [3.05, 3.63) is 33.3 Å². The van der Waals surface area contributed by atoms with Gasteiger partial charge in [-0.1, -0.05) is 40.4 Å². The van der Waals surface area contributed by atoms with Crippen LogP contribution in [0.15, 0.2) is 22.7 Å². The molecule has 0 saturated carbocycles. The molecule has 110 valence electrons. The van der Waals surface area contributed by atoms with E-state index in [9.17, 15) is 4.79 Å². The summed E-state index contributed by atoms with van der Waals surface area (Å²) in [5.41, 5.74) is 0.597. The minimum absolute atomic E-state index is 0.0666. The fraction of sp³-hybridized carbons (Fsp3) is 0.533. The number of halogens is 2. The maximum Gasteiger partial charge on any atom is 0.251 e. The van der Waals surface area contributed by atoms with Crippen LogP contribution in [-0.4, -0.2) is 37.0 Å². The van der Waals surface area contributed by atoms with Gasteiger partial charge in [-0.3, -0.25) is 4.79 Å². The lowest BCUT2D eigenvalue weighted by Gasteiger charge is -2.19. The van der Waals surface area contributed by atoms with Crippen LogP contribution < -0.4 is 5.32 Å². The Morgan fingerprint density at radius 2 is 1.90 bits per heavy atom. The van der Waals surface area contributed by atoms with Crippen LogP contribution in [0.25, 0.3) is 0 Å². The smallest absolute Gasteiger partial charge is 0.251 e. The van der Waals surface area contributed by atoms with E-state index in [2.05, 4.69) is 26.1 Å². The number of nitrogens with zero attached hydrogens (tertiary/aromatic N) is 1. The fourth-order valence-corrected chi connectivity index (χ4v) is 3.33. The molecule has 5 heteroatoms. The van der Waals surface area contributed by atoms with E-state index in [1.807, 2.05) is 0 Å². The zero-order chi connectivity index (χ0) is 14.4. The van der Waals surface area contributed by atoms with Gasteiger partial charge in [-0.15, -0.1) is 0 Å². The van der Waals surface area contributed by atoms with Crippen LogP contribution in [0.2, 0.25) is 5.02 Å². The van der Waals surface area contributed by atoms with Gasteiger partial charge >= 0.3 is 0 Å². The first-order valence-electron chi connectivity index (χ1n) is 7.12. The molecule has 1 aliphatic heterocycles. The highest BCUT2D eigenvalue weighted by atomic mass is 79.9. The number of hydrogen-bond acceptors (Lipinski definition) is 2. The first-order chi connectivity index (χ1) is 9.65. The van der Waals surface area contributed by atoms with Crippen molar-refractivity contribution in [2.45, 2.75) is 25.7 Å². The van der Waals surface area contributed by atoms with Crippen molar-refractivity contribution in [1.82, 2.24) is 10.2 Å². The summed E-state index contributed by atoms with van der Waals surface area (Å²) in [7, 11) is 0. The topological polar surface area (TPSA) is 32.3 Å². The third-order valence-corrected chi connectivity index (χ3v) is 4.21. The summed E-state index contributed by atoms with van der Waals surface area (Å²) >= 11 is 9.30. The van der Waals surface area contributed by atoms with Gasteiger partial charge in [0.25, 0.3) is 5.91 Å². The molecule has 0 unspecified atom stereocenters. The Morgan fingerprint density at radius 3 is 2.55 bits per heavy atom. The van der Waals surface area contributed by atoms with E-state index in [1.165, 1.54) is 25.7 Å². The molecule has 0 spiro atoms. The van der Waals surface area contributed by atoms with Crippen LogP contribution in [0.4, 0.5) is 0 Å². The molecule has 2 rings (SSSR count). The molecule has 1 aliphatic rings. The molecule has 0 atom stereocenters. The second-order valence-corrected chi connectivity index (χ2v) is 6.52. The lowest BCUT2D eigenvalue weighted by molar-refractivity contribution is 0.0948. The molecule has 1 aromatic carbocycles. The molecule has 1 saturated heterocycles. The molecule has 1 fully saturated rings. The number of benzene rings is 1. The van der Waals surface area contributed by atoms with E-state index in [0.29, 0.717) is 17.1 Å². The summed E-state index contributed by atoms with van der Waals surface area (Å²) < 4.78 is 0.822. The summed E-state index contributed by atoms with van der Waals surface area (Å²) in [6.07, 6.45) is 5.21. The van der Waals surface area contributed by atoms with E-state index in [4.69, 9.17) is 11.6 Å². The van der Waals surface area contributed by atoms with E-state index in [0.717, 1.165) is 24.1 Å². The number of rotatable bonds is 4. The van der Waals surface area contributed by atoms with Crippen LogP contribution in [0, 0.1) is 0 Å². The van der Waals surface area contributed by atoms with Gasteiger partial charge in [-0.2, -0.15) is 0 Å². The largest absolute Gasteiger partial charge is 0.351 e. The first kappa shape index (κ1) is 15.8. The van der Waals surface area contributed by atoms with Gasteiger partial charge in [0.05, 0.1) is 0 Å².